The number of fused-ring (bicyclic) bond motifs is 3. The summed E-state index contributed by atoms with van der Waals surface area (Å²) < 4.78 is 72.4. The van der Waals surface area contributed by atoms with Gasteiger partial charge in [0.25, 0.3) is 0 Å². The van der Waals surface area contributed by atoms with E-state index < -0.39 is 37.1 Å². The zero-order valence-electron chi connectivity index (χ0n) is 19.7. The Bertz CT molecular complexity index is 963. The Balaban J connectivity index is 2.64. The molecule has 2 aromatic carbocycles. The van der Waals surface area contributed by atoms with E-state index in [4.69, 9.17) is 12.3 Å². The minimum Gasteiger partial charge on any atom is -0.0608 e. The summed E-state index contributed by atoms with van der Waals surface area (Å²) in [6, 6.07) is 6.82. The largest absolute Gasteiger partial charge is 0.0608 e. The Morgan fingerprint density at radius 2 is 1.89 bits per heavy atom. The molecule has 0 spiro atoms. The highest BCUT2D eigenvalue weighted by Gasteiger charge is 2.38. The highest BCUT2D eigenvalue weighted by Crippen LogP contribution is 2.53. The molecule has 0 radical (unpaired) electrons. The average molecular weight is 324 g/mol. The summed E-state index contributed by atoms with van der Waals surface area (Å²) in [5, 5.41) is 0. The number of aryl methyl sites for hydroxylation is 1. The fourth-order valence-electron chi connectivity index (χ4n) is 2.98. The van der Waals surface area contributed by atoms with E-state index in [1.807, 2.05) is 26.0 Å². The van der Waals surface area contributed by atoms with Crippen LogP contribution in [0.5, 0.6) is 0 Å². The molecule has 0 aromatic heterocycles. The van der Waals surface area contributed by atoms with Crippen LogP contribution in [0, 0.1) is 20.6 Å². The Labute approximate surface area is 136 Å². The molecule has 98 valence electrons. The SMILES string of the molecule is [2H]C([2H])([2H])c1cc2c(c(C([2H])([2H])[2H])c1C([2H])([2H])[2H])C(C)(C)c1cccc(Br)c1-2. The normalized spacial score (nSPS) is 24.3. The maximum absolute atomic E-state index is 8.09. The Morgan fingerprint density at radius 3 is 2.58 bits per heavy atom. The number of hydrogen-bond donors (Lipinski definition) is 0. The highest BCUT2D eigenvalue weighted by atomic mass is 79.9. The molecule has 0 heterocycles. The molecule has 0 amide bonds. The van der Waals surface area contributed by atoms with E-state index in [0.29, 0.717) is 21.2 Å². The number of hydrogen-bond acceptors (Lipinski definition) is 0. The first-order valence-electron chi connectivity index (χ1n) is 10.5. The molecular formula is C18H19Br. The maximum atomic E-state index is 8.09. The van der Waals surface area contributed by atoms with E-state index in [-0.39, 0.29) is 5.56 Å². The van der Waals surface area contributed by atoms with Gasteiger partial charge in [0, 0.05) is 27.8 Å². The minimum absolute atomic E-state index is 0.355. The van der Waals surface area contributed by atoms with Crippen LogP contribution in [0.25, 0.3) is 11.1 Å². The molecule has 0 fully saturated rings. The van der Waals surface area contributed by atoms with E-state index in [1.54, 1.807) is 6.07 Å². The monoisotopic (exact) mass is 323 g/mol. The summed E-state index contributed by atoms with van der Waals surface area (Å²) in [5.41, 5.74) is 0.151. The van der Waals surface area contributed by atoms with Crippen molar-refractivity contribution in [2.45, 2.75) is 39.8 Å². The van der Waals surface area contributed by atoms with Crippen LogP contribution in [0.1, 0.15) is 54.0 Å². The van der Waals surface area contributed by atoms with Crippen molar-refractivity contribution in [3.8, 4) is 11.1 Å². The van der Waals surface area contributed by atoms with Crippen LogP contribution >= 0.6 is 15.9 Å². The van der Waals surface area contributed by atoms with Crippen molar-refractivity contribution in [3.05, 3.63) is 56.6 Å². The van der Waals surface area contributed by atoms with Gasteiger partial charge in [0.15, 0.2) is 0 Å². The lowest BCUT2D eigenvalue weighted by Crippen LogP contribution is -2.17. The van der Waals surface area contributed by atoms with E-state index in [0.717, 1.165) is 5.56 Å². The second-order valence-corrected chi connectivity index (χ2v) is 6.24. The molecule has 3 rings (SSSR count). The van der Waals surface area contributed by atoms with E-state index in [2.05, 4.69) is 15.9 Å². The van der Waals surface area contributed by atoms with Crippen LogP contribution in [-0.2, 0) is 5.41 Å². The quantitative estimate of drug-likeness (QED) is 0.585. The summed E-state index contributed by atoms with van der Waals surface area (Å²) in [7, 11) is 0. The number of benzene rings is 2. The van der Waals surface area contributed by atoms with Crippen LogP contribution in [0.15, 0.2) is 28.7 Å². The van der Waals surface area contributed by atoms with Gasteiger partial charge in [-0.3, -0.25) is 0 Å². The molecule has 2 aromatic rings. The van der Waals surface area contributed by atoms with Crippen LogP contribution < -0.4 is 0 Å². The molecule has 0 atom stereocenters. The molecule has 0 bridgehead atoms. The zero-order valence-corrected chi connectivity index (χ0v) is 12.3. The highest BCUT2D eigenvalue weighted by molar-refractivity contribution is 9.10. The van der Waals surface area contributed by atoms with Crippen LogP contribution in [-0.4, -0.2) is 0 Å². The minimum atomic E-state index is -2.88. The van der Waals surface area contributed by atoms with Crippen LogP contribution in [0.4, 0.5) is 0 Å². The summed E-state index contributed by atoms with van der Waals surface area (Å²) in [5.74, 6) is 0. The lowest BCUT2D eigenvalue weighted by atomic mass is 9.79. The Hall–Kier alpha value is -1.08. The first-order chi connectivity index (χ1) is 12.5. The molecule has 0 unspecified atom stereocenters. The second kappa shape index (κ2) is 3.96. The van der Waals surface area contributed by atoms with Crippen LogP contribution in [0.3, 0.4) is 0 Å². The van der Waals surface area contributed by atoms with E-state index >= 15 is 0 Å². The van der Waals surface area contributed by atoms with Crippen molar-refractivity contribution < 1.29 is 12.3 Å². The smallest absolute Gasteiger partial charge is 0.0280 e. The third-order valence-electron chi connectivity index (χ3n) is 3.91. The molecule has 0 N–H and O–H groups in total. The van der Waals surface area contributed by atoms with Gasteiger partial charge in [-0.25, -0.2) is 0 Å². The molecule has 0 nitrogen and oxygen atoms in total. The number of halogens is 1. The first kappa shape index (κ1) is 6.13. The molecule has 0 saturated carbocycles. The van der Waals surface area contributed by atoms with Gasteiger partial charge in [-0.15, -0.1) is 0 Å². The Kier molecular flexibility index (Phi) is 1.28. The molecule has 19 heavy (non-hydrogen) atoms. The van der Waals surface area contributed by atoms with Gasteiger partial charge >= 0.3 is 0 Å². The van der Waals surface area contributed by atoms with Gasteiger partial charge in [-0.1, -0.05) is 48.0 Å². The fourth-order valence-corrected chi connectivity index (χ4v) is 3.56. The maximum Gasteiger partial charge on any atom is 0.0280 e. The molecule has 0 saturated heterocycles. The van der Waals surface area contributed by atoms with E-state index in [1.165, 1.54) is 6.07 Å². The van der Waals surface area contributed by atoms with Crippen molar-refractivity contribution in [2.75, 3.05) is 0 Å². The van der Waals surface area contributed by atoms with Crippen molar-refractivity contribution in [1.82, 2.24) is 0 Å². The van der Waals surface area contributed by atoms with Gasteiger partial charge in [0.05, 0.1) is 0 Å². The molecule has 1 aliphatic carbocycles. The third kappa shape index (κ3) is 1.57. The standard InChI is InChI=1S/C18H19Br/c1-10-9-13-16-14(7-6-8-15(16)19)18(4,5)17(13)12(3)11(10)2/h6-9H,1-5H3/i1D3,2D3,3D3. The molecular weight excluding hydrogens is 296 g/mol. The van der Waals surface area contributed by atoms with Crippen molar-refractivity contribution >= 4 is 15.9 Å². The summed E-state index contributed by atoms with van der Waals surface area (Å²) >= 11 is 3.48. The lowest BCUT2D eigenvalue weighted by Gasteiger charge is -2.24. The van der Waals surface area contributed by atoms with Crippen molar-refractivity contribution in [3.63, 3.8) is 0 Å². The fraction of sp³-hybridized carbons (Fsp3) is 0.333. The lowest BCUT2D eigenvalue weighted by molar-refractivity contribution is 0.654. The summed E-state index contributed by atoms with van der Waals surface area (Å²) in [4.78, 5) is 0. The Morgan fingerprint density at radius 1 is 1.11 bits per heavy atom. The van der Waals surface area contributed by atoms with Crippen molar-refractivity contribution in [2.24, 2.45) is 0 Å². The van der Waals surface area contributed by atoms with Gasteiger partial charge in [-0.2, -0.15) is 0 Å². The predicted molar refractivity (Wildman–Crippen MR) is 85.9 cm³/mol. The van der Waals surface area contributed by atoms with Gasteiger partial charge in [-0.05, 0) is 60.0 Å². The summed E-state index contributed by atoms with van der Waals surface area (Å²) in [6.45, 7) is -4.78. The van der Waals surface area contributed by atoms with E-state index in [9.17, 15) is 0 Å². The average Bonchev–Trinajstić information content (AvgIpc) is 2.72. The number of rotatable bonds is 0. The van der Waals surface area contributed by atoms with Crippen molar-refractivity contribution in [1.29, 1.82) is 0 Å². The van der Waals surface area contributed by atoms with Gasteiger partial charge in [0.1, 0.15) is 0 Å². The van der Waals surface area contributed by atoms with Gasteiger partial charge < -0.3 is 0 Å². The topological polar surface area (TPSA) is 0 Å². The second-order valence-electron chi connectivity index (χ2n) is 5.38. The van der Waals surface area contributed by atoms with Gasteiger partial charge in [0.2, 0.25) is 0 Å². The molecule has 1 aliphatic rings. The third-order valence-corrected chi connectivity index (χ3v) is 4.57. The molecule has 1 heteroatoms. The zero-order chi connectivity index (χ0) is 21.4. The predicted octanol–water partition coefficient (Wildman–Crippen LogP) is 5.68. The van der Waals surface area contributed by atoms with Crippen LogP contribution in [0.2, 0.25) is 0 Å². The molecule has 0 aliphatic heterocycles. The first-order valence-corrected chi connectivity index (χ1v) is 6.80. The summed E-state index contributed by atoms with van der Waals surface area (Å²) in [6.07, 6.45) is 0.